The molecule has 1 aromatic heterocycles. The summed E-state index contributed by atoms with van der Waals surface area (Å²) in [5.74, 6) is -0.632. The van der Waals surface area contributed by atoms with E-state index in [2.05, 4.69) is 37.6 Å². The molecule has 0 bridgehead atoms. The zero-order valence-electron chi connectivity index (χ0n) is 15.6. The summed E-state index contributed by atoms with van der Waals surface area (Å²) in [7, 11) is 0. The highest BCUT2D eigenvalue weighted by molar-refractivity contribution is 9.10. The predicted octanol–water partition coefficient (Wildman–Crippen LogP) is 3.76. The number of hydrogen-bond donors (Lipinski definition) is 2. The van der Waals surface area contributed by atoms with E-state index >= 15 is 0 Å². The molecule has 3 aromatic rings. The first kappa shape index (κ1) is 20.4. The number of amides is 2. The Balaban J connectivity index is 1.59. The van der Waals surface area contributed by atoms with Gasteiger partial charge in [-0.2, -0.15) is 5.26 Å². The molecule has 4 rings (SSSR count). The Kier molecular flexibility index (Phi) is 5.50. The first-order chi connectivity index (χ1) is 14.4. The molecule has 9 heteroatoms. The molecule has 1 unspecified atom stereocenters. The van der Waals surface area contributed by atoms with Crippen LogP contribution in [0, 0.1) is 11.3 Å². The molecule has 1 atom stereocenters. The quantitative estimate of drug-likeness (QED) is 0.550. The van der Waals surface area contributed by atoms with Crippen molar-refractivity contribution in [2.75, 3.05) is 0 Å². The van der Waals surface area contributed by atoms with Gasteiger partial charge in [0.2, 0.25) is 5.91 Å². The molecule has 2 aromatic carbocycles. The van der Waals surface area contributed by atoms with Gasteiger partial charge in [-0.3, -0.25) is 9.59 Å². The number of fused-ring (bicyclic) bond motifs is 1. The van der Waals surface area contributed by atoms with E-state index in [9.17, 15) is 14.9 Å². The maximum Gasteiger partial charge on any atom is 0.251 e. The van der Waals surface area contributed by atoms with Gasteiger partial charge >= 0.3 is 0 Å². The lowest BCUT2D eigenvalue weighted by molar-refractivity contribution is -0.123. The topological polar surface area (TPSA) is 108 Å². The minimum Gasteiger partial charge on any atom is -0.441 e. The Hall–Kier alpha value is -2.89. The number of para-hydroxylation sites is 1. The second kappa shape index (κ2) is 8.09. The van der Waals surface area contributed by atoms with Crippen LogP contribution >= 0.6 is 27.5 Å². The molecule has 152 valence electrons. The fourth-order valence-electron chi connectivity index (χ4n) is 3.02. The molecular formula is C21H16BrClN4O3. The highest BCUT2D eigenvalue weighted by atomic mass is 79.9. The number of aromatic nitrogens is 1. The largest absolute Gasteiger partial charge is 0.441 e. The number of nitriles is 1. The fourth-order valence-corrected chi connectivity index (χ4v) is 3.64. The molecule has 0 spiro atoms. The molecule has 2 amide bonds. The summed E-state index contributed by atoms with van der Waals surface area (Å²) in [6.07, 6.45) is 1.20. The average molecular weight is 488 g/mol. The number of carbonyl (C=O) groups excluding carboxylic acids is 2. The molecule has 1 fully saturated rings. The zero-order valence-corrected chi connectivity index (χ0v) is 18.0. The second-order valence-corrected chi connectivity index (χ2v) is 8.41. The van der Waals surface area contributed by atoms with Crippen LogP contribution in [0.25, 0.3) is 11.1 Å². The number of rotatable bonds is 6. The van der Waals surface area contributed by atoms with Gasteiger partial charge in [-0.25, -0.2) is 4.98 Å². The Labute approximate surface area is 185 Å². The molecule has 2 N–H and O–H groups in total. The number of hydrogen-bond acceptors (Lipinski definition) is 5. The van der Waals surface area contributed by atoms with Crippen molar-refractivity contribution >= 4 is 50.4 Å². The van der Waals surface area contributed by atoms with Gasteiger partial charge in [0.15, 0.2) is 11.5 Å². The standard InChI is InChI=1S/C21H16BrClN4O3/c22-14-5-2-6-16-18(14)26-17(30-16)10-15(20(29)27-21(11-24)7-8-21)25-19(28)12-3-1-4-13(23)9-12/h1-6,9,15H,7-8,10H2,(H,25,28)(H,27,29). The highest BCUT2D eigenvalue weighted by Crippen LogP contribution is 2.34. The molecule has 1 aliphatic rings. The van der Waals surface area contributed by atoms with E-state index < -0.39 is 23.4 Å². The maximum atomic E-state index is 12.9. The molecule has 30 heavy (non-hydrogen) atoms. The summed E-state index contributed by atoms with van der Waals surface area (Å²) in [6, 6.07) is 13.0. The van der Waals surface area contributed by atoms with Gasteiger partial charge < -0.3 is 15.1 Å². The van der Waals surface area contributed by atoms with Crippen molar-refractivity contribution in [1.29, 1.82) is 5.26 Å². The smallest absolute Gasteiger partial charge is 0.251 e. The van der Waals surface area contributed by atoms with E-state index in [1.165, 1.54) is 6.07 Å². The Morgan fingerprint density at radius 3 is 2.73 bits per heavy atom. The van der Waals surface area contributed by atoms with Crippen molar-refractivity contribution in [2.24, 2.45) is 0 Å². The Bertz CT molecular complexity index is 1180. The van der Waals surface area contributed by atoms with Gasteiger partial charge in [0.1, 0.15) is 17.1 Å². The lowest BCUT2D eigenvalue weighted by Gasteiger charge is -2.19. The van der Waals surface area contributed by atoms with Gasteiger partial charge in [-0.15, -0.1) is 0 Å². The maximum absolute atomic E-state index is 12.9. The van der Waals surface area contributed by atoms with E-state index in [0.717, 1.165) is 4.47 Å². The van der Waals surface area contributed by atoms with E-state index in [1.807, 2.05) is 12.1 Å². The lowest BCUT2D eigenvalue weighted by Crippen LogP contribution is -2.51. The monoisotopic (exact) mass is 486 g/mol. The molecular weight excluding hydrogens is 472 g/mol. The number of oxazole rings is 1. The third kappa shape index (κ3) is 4.32. The van der Waals surface area contributed by atoms with Crippen LogP contribution in [-0.4, -0.2) is 28.4 Å². The summed E-state index contributed by atoms with van der Waals surface area (Å²) in [6.45, 7) is 0. The Morgan fingerprint density at radius 2 is 2.07 bits per heavy atom. The predicted molar refractivity (Wildman–Crippen MR) is 114 cm³/mol. The number of halogens is 2. The third-order valence-corrected chi connectivity index (χ3v) is 5.70. The Morgan fingerprint density at radius 1 is 1.30 bits per heavy atom. The van der Waals surface area contributed by atoms with Crippen molar-refractivity contribution in [3.8, 4) is 6.07 Å². The van der Waals surface area contributed by atoms with Crippen LogP contribution in [0.1, 0.15) is 29.1 Å². The van der Waals surface area contributed by atoms with Crippen LogP contribution in [0.2, 0.25) is 5.02 Å². The van der Waals surface area contributed by atoms with E-state index in [4.69, 9.17) is 16.0 Å². The molecule has 0 radical (unpaired) electrons. The molecule has 1 heterocycles. The van der Waals surface area contributed by atoms with Gasteiger partial charge in [-0.05, 0) is 59.1 Å². The minimum atomic E-state index is -0.978. The van der Waals surface area contributed by atoms with Crippen molar-refractivity contribution < 1.29 is 14.0 Å². The van der Waals surface area contributed by atoms with Gasteiger partial charge in [-0.1, -0.05) is 23.7 Å². The van der Waals surface area contributed by atoms with Crippen LogP contribution in [0.4, 0.5) is 0 Å². The lowest BCUT2D eigenvalue weighted by atomic mass is 10.1. The van der Waals surface area contributed by atoms with Gasteiger partial charge in [0.05, 0.1) is 12.5 Å². The number of carbonyl (C=O) groups is 2. The summed E-state index contributed by atoms with van der Waals surface area (Å²) < 4.78 is 6.51. The van der Waals surface area contributed by atoms with E-state index in [0.29, 0.717) is 40.4 Å². The summed E-state index contributed by atoms with van der Waals surface area (Å²) in [5.41, 5.74) is 0.654. The second-order valence-electron chi connectivity index (χ2n) is 7.12. The van der Waals surface area contributed by atoms with E-state index in [1.54, 1.807) is 24.3 Å². The molecule has 0 aliphatic heterocycles. The highest BCUT2D eigenvalue weighted by Gasteiger charge is 2.45. The van der Waals surface area contributed by atoms with Crippen LogP contribution in [0.3, 0.4) is 0 Å². The van der Waals surface area contributed by atoms with Crippen molar-refractivity contribution in [3.05, 3.63) is 63.4 Å². The first-order valence-electron chi connectivity index (χ1n) is 9.23. The first-order valence-corrected chi connectivity index (χ1v) is 10.4. The van der Waals surface area contributed by atoms with Crippen molar-refractivity contribution in [1.82, 2.24) is 15.6 Å². The van der Waals surface area contributed by atoms with Gasteiger partial charge in [0.25, 0.3) is 5.91 Å². The average Bonchev–Trinajstić information content (AvgIpc) is 3.37. The number of nitrogens with one attached hydrogen (secondary N) is 2. The van der Waals surface area contributed by atoms with Crippen molar-refractivity contribution in [2.45, 2.75) is 30.8 Å². The zero-order chi connectivity index (χ0) is 21.3. The van der Waals surface area contributed by atoms with Crippen LogP contribution in [0.5, 0.6) is 0 Å². The molecule has 1 aliphatic carbocycles. The normalized spacial score (nSPS) is 15.2. The van der Waals surface area contributed by atoms with Gasteiger partial charge in [0, 0.05) is 15.1 Å². The minimum absolute atomic E-state index is 0.0285. The van der Waals surface area contributed by atoms with Crippen molar-refractivity contribution in [3.63, 3.8) is 0 Å². The molecule has 0 saturated heterocycles. The molecule has 7 nitrogen and oxygen atoms in total. The third-order valence-electron chi connectivity index (χ3n) is 4.83. The van der Waals surface area contributed by atoms with Crippen LogP contribution in [-0.2, 0) is 11.2 Å². The van der Waals surface area contributed by atoms with Crippen LogP contribution < -0.4 is 10.6 Å². The summed E-state index contributed by atoms with van der Waals surface area (Å²) >= 11 is 9.39. The summed E-state index contributed by atoms with van der Waals surface area (Å²) in [5, 5.41) is 15.1. The van der Waals surface area contributed by atoms with E-state index in [-0.39, 0.29) is 6.42 Å². The summed E-state index contributed by atoms with van der Waals surface area (Å²) in [4.78, 5) is 30.0. The van der Waals surface area contributed by atoms with Crippen LogP contribution in [0.15, 0.2) is 51.4 Å². The SMILES string of the molecule is N#CC1(NC(=O)C(Cc2nc3c(Br)cccc3o2)NC(=O)c2cccc(Cl)c2)CC1. The molecule has 1 saturated carbocycles. The number of benzene rings is 2. The number of nitrogens with zero attached hydrogens (tertiary/aromatic N) is 2. The fraction of sp³-hybridized carbons (Fsp3) is 0.238.